The maximum Gasteiger partial charge on any atom is 0.183 e. The van der Waals surface area contributed by atoms with Crippen LogP contribution in [-0.4, -0.2) is 10.1 Å². The van der Waals surface area contributed by atoms with Crippen LogP contribution in [0.15, 0.2) is 53.9 Å². The lowest BCUT2D eigenvalue weighted by atomic mass is 10.2. The third-order valence-corrected chi connectivity index (χ3v) is 4.12. The lowest BCUT2D eigenvalue weighted by molar-refractivity contribution is 0.469. The van der Waals surface area contributed by atoms with Crippen molar-refractivity contribution in [3.8, 4) is 17.0 Å². The summed E-state index contributed by atoms with van der Waals surface area (Å²) in [4.78, 5) is 4.54. The first-order chi connectivity index (χ1) is 10.2. The minimum absolute atomic E-state index is 0.291. The van der Waals surface area contributed by atoms with Crippen LogP contribution in [0, 0.1) is 0 Å². The summed E-state index contributed by atoms with van der Waals surface area (Å²) in [6.45, 7) is 0.542. The number of hydrogen-bond donors (Lipinski definition) is 2. The highest BCUT2D eigenvalue weighted by molar-refractivity contribution is 7.14. The summed E-state index contributed by atoms with van der Waals surface area (Å²) in [5, 5.41) is 16.5. The molecule has 0 saturated heterocycles. The SMILES string of the molecule is Oc1ccccc1CNc1nc(-c2ccc(Cl)cc2)cs1. The molecule has 0 bridgehead atoms. The first-order valence-electron chi connectivity index (χ1n) is 6.44. The fourth-order valence-electron chi connectivity index (χ4n) is 1.94. The van der Waals surface area contributed by atoms with Crippen molar-refractivity contribution in [3.63, 3.8) is 0 Å². The van der Waals surface area contributed by atoms with E-state index in [0.717, 1.165) is 22.0 Å². The number of aromatic hydroxyl groups is 1. The van der Waals surface area contributed by atoms with E-state index in [4.69, 9.17) is 11.6 Å². The van der Waals surface area contributed by atoms with Gasteiger partial charge in [-0.1, -0.05) is 41.9 Å². The lowest BCUT2D eigenvalue weighted by Crippen LogP contribution is -1.99. The van der Waals surface area contributed by atoms with Crippen molar-refractivity contribution < 1.29 is 5.11 Å². The molecular formula is C16H13ClN2OS. The van der Waals surface area contributed by atoms with Crippen LogP contribution < -0.4 is 5.32 Å². The molecule has 0 atom stereocenters. The van der Waals surface area contributed by atoms with E-state index in [2.05, 4.69) is 10.3 Å². The molecule has 3 rings (SSSR count). The number of phenols is 1. The Bertz CT molecular complexity index is 740. The summed E-state index contributed by atoms with van der Waals surface area (Å²) in [5.74, 6) is 0.291. The van der Waals surface area contributed by atoms with Gasteiger partial charge in [-0.05, 0) is 18.2 Å². The molecule has 0 aliphatic heterocycles. The van der Waals surface area contributed by atoms with E-state index in [9.17, 15) is 5.11 Å². The number of halogens is 1. The normalized spacial score (nSPS) is 10.5. The van der Waals surface area contributed by atoms with Crippen LogP contribution in [0.4, 0.5) is 5.13 Å². The smallest absolute Gasteiger partial charge is 0.183 e. The molecule has 5 heteroatoms. The minimum atomic E-state index is 0.291. The highest BCUT2D eigenvalue weighted by Crippen LogP contribution is 2.26. The van der Waals surface area contributed by atoms with Gasteiger partial charge in [-0.25, -0.2) is 4.98 Å². The fraction of sp³-hybridized carbons (Fsp3) is 0.0625. The molecule has 0 radical (unpaired) electrons. The van der Waals surface area contributed by atoms with Crippen LogP contribution in [0.5, 0.6) is 5.75 Å². The number of phenolic OH excluding ortho intramolecular Hbond substituents is 1. The predicted molar refractivity (Wildman–Crippen MR) is 88.0 cm³/mol. The molecule has 3 aromatic rings. The standard InChI is InChI=1S/C16H13ClN2OS/c17-13-7-5-11(6-8-13)14-10-21-16(19-14)18-9-12-3-1-2-4-15(12)20/h1-8,10,20H,9H2,(H,18,19). The van der Waals surface area contributed by atoms with Crippen LogP contribution in [0.25, 0.3) is 11.3 Å². The number of thiazole rings is 1. The van der Waals surface area contributed by atoms with Gasteiger partial charge in [-0.3, -0.25) is 0 Å². The van der Waals surface area contributed by atoms with Crippen LogP contribution in [0.3, 0.4) is 0 Å². The van der Waals surface area contributed by atoms with E-state index in [1.165, 1.54) is 11.3 Å². The Morgan fingerprint density at radius 1 is 1.10 bits per heavy atom. The fourth-order valence-corrected chi connectivity index (χ4v) is 2.78. The van der Waals surface area contributed by atoms with Gasteiger partial charge in [0.2, 0.25) is 0 Å². The molecule has 21 heavy (non-hydrogen) atoms. The van der Waals surface area contributed by atoms with Crippen molar-refractivity contribution in [2.24, 2.45) is 0 Å². The second kappa shape index (κ2) is 6.16. The minimum Gasteiger partial charge on any atom is -0.508 e. The lowest BCUT2D eigenvalue weighted by Gasteiger charge is -2.04. The number of aromatic nitrogens is 1. The van der Waals surface area contributed by atoms with Gasteiger partial charge in [0, 0.05) is 28.1 Å². The van der Waals surface area contributed by atoms with E-state index < -0.39 is 0 Å². The Labute approximate surface area is 131 Å². The van der Waals surface area contributed by atoms with E-state index in [-0.39, 0.29) is 0 Å². The number of hydrogen-bond acceptors (Lipinski definition) is 4. The summed E-state index contributed by atoms with van der Waals surface area (Å²) >= 11 is 7.42. The number of para-hydroxylation sites is 1. The van der Waals surface area contributed by atoms with Gasteiger partial charge in [0.1, 0.15) is 5.75 Å². The van der Waals surface area contributed by atoms with Crippen LogP contribution >= 0.6 is 22.9 Å². The zero-order valence-electron chi connectivity index (χ0n) is 11.1. The highest BCUT2D eigenvalue weighted by Gasteiger charge is 2.05. The number of nitrogens with zero attached hydrogens (tertiary/aromatic N) is 1. The first-order valence-corrected chi connectivity index (χ1v) is 7.70. The molecule has 2 N–H and O–H groups in total. The average molecular weight is 317 g/mol. The third kappa shape index (κ3) is 3.35. The van der Waals surface area contributed by atoms with Gasteiger partial charge in [0.15, 0.2) is 5.13 Å². The molecule has 3 nitrogen and oxygen atoms in total. The molecular weight excluding hydrogens is 304 g/mol. The maximum atomic E-state index is 9.73. The molecule has 0 aliphatic rings. The highest BCUT2D eigenvalue weighted by atomic mass is 35.5. The van der Waals surface area contributed by atoms with E-state index in [1.807, 2.05) is 41.8 Å². The largest absolute Gasteiger partial charge is 0.508 e. The number of nitrogens with one attached hydrogen (secondary N) is 1. The van der Waals surface area contributed by atoms with Crippen molar-refractivity contribution in [1.29, 1.82) is 0 Å². The quantitative estimate of drug-likeness (QED) is 0.728. The first kappa shape index (κ1) is 13.9. The molecule has 2 aromatic carbocycles. The summed E-state index contributed by atoms with van der Waals surface area (Å²) in [7, 11) is 0. The van der Waals surface area contributed by atoms with Gasteiger partial charge in [-0.2, -0.15) is 0 Å². The van der Waals surface area contributed by atoms with Gasteiger partial charge in [0.25, 0.3) is 0 Å². The van der Waals surface area contributed by atoms with E-state index in [1.54, 1.807) is 12.1 Å². The Morgan fingerprint density at radius 2 is 1.86 bits per heavy atom. The van der Waals surface area contributed by atoms with Gasteiger partial charge in [-0.15, -0.1) is 11.3 Å². The number of rotatable bonds is 4. The van der Waals surface area contributed by atoms with Gasteiger partial charge in [0.05, 0.1) is 5.69 Å². The molecule has 0 spiro atoms. The van der Waals surface area contributed by atoms with Crippen LogP contribution in [-0.2, 0) is 6.54 Å². The zero-order chi connectivity index (χ0) is 14.7. The molecule has 106 valence electrons. The molecule has 0 saturated carbocycles. The molecule has 0 aliphatic carbocycles. The van der Waals surface area contributed by atoms with Crippen molar-refractivity contribution >= 4 is 28.1 Å². The zero-order valence-corrected chi connectivity index (χ0v) is 12.7. The Hall–Kier alpha value is -2.04. The molecule has 1 heterocycles. The monoisotopic (exact) mass is 316 g/mol. The predicted octanol–water partition coefficient (Wildman–Crippen LogP) is 4.78. The molecule has 0 fully saturated rings. The van der Waals surface area contributed by atoms with E-state index >= 15 is 0 Å². The molecule has 1 aromatic heterocycles. The summed E-state index contributed by atoms with van der Waals surface area (Å²) in [6, 6.07) is 14.9. The molecule has 0 unspecified atom stereocenters. The second-order valence-corrected chi connectivity index (χ2v) is 5.82. The average Bonchev–Trinajstić information content (AvgIpc) is 2.96. The number of benzene rings is 2. The Kier molecular flexibility index (Phi) is 4.08. The van der Waals surface area contributed by atoms with Crippen LogP contribution in [0.1, 0.15) is 5.56 Å². The second-order valence-electron chi connectivity index (χ2n) is 4.53. The topological polar surface area (TPSA) is 45.1 Å². The van der Waals surface area contributed by atoms with Crippen molar-refractivity contribution in [3.05, 3.63) is 64.5 Å². The van der Waals surface area contributed by atoms with Gasteiger partial charge >= 0.3 is 0 Å². The van der Waals surface area contributed by atoms with Crippen LogP contribution in [0.2, 0.25) is 5.02 Å². The summed E-state index contributed by atoms with van der Waals surface area (Å²) in [6.07, 6.45) is 0. The Balaban J connectivity index is 1.71. The molecule has 0 amide bonds. The van der Waals surface area contributed by atoms with Crippen molar-refractivity contribution in [1.82, 2.24) is 4.98 Å². The van der Waals surface area contributed by atoms with E-state index in [0.29, 0.717) is 17.3 Å². The summed E-state index contributed by atoms with van der Waals surface area (Å²) in [5.41, 5.74) is 2.79. The van der Waals surface area contributed by atoms with Crippen molar-refractivity contribution in [2.45, 2.75) is 6.54 Å². The third-order valence-electron chi connectivity index (χ3n) is 3.07. The Morgan fingerprint density at radius 3 is 2.62 bits per heavy atom. The summed E-state index contributed by atoms with van der Waals surface area (Å²) < 4.78 is 0. The van der Waals surface area contributed by atoms with Gasteiger partial charge < -0.3 is 10.4 Å². The maximum absolute atomic E-state index is 9.73. The van der Waals surface area contributed by atoms with Crippen molar-refractivity contribution in [2.75, 3.05) is 5.32 Å². The number of anilines is 1.